The lowest BCUT2D eigenvalue weighted by molar-refractivity contribution is -0.147. The summed E-state index contributed by atoms with van der Waals surface area (Å²) < 4.78 is 20.2. The van der Waals surface area contributed by atoms with Gasteiger partial charge in [-0.25, -0.2) is 9.18 Å². The number of ether oxygens (including phenoxy) is 1. The van der Waals surface area contributed by atoms with E-state index in [9.17, 15) is 9.18 Å². The van der Waals surface area contributed by atoms with E-state index in [0.717, 1.165) is 48.1 Å². The van der Waals surface area contributed by atoms with E-state index in [1.807, 2.05) is 30.5 Å². The van der Waals surface area contributed by atoms with Gasteiger partial charge in [-0.05, 0) is 67.5 Å². The zero-order valence-corrected chi connectivity index (χ0v) is 22.1. The Bertz CT molecular complexity index is 1070. The first kappa shape index (κ1) is 27.6. The Balaban J connectivity index is 1.67. The average Bonchev–Trinajstić information content (AvgIpc) is 2.90. The summed E-state index contributed by atoms with van der Waals surface area (Å²) in [6, 6.07) is 19.7. The molecule has 0 radical (unpaired) electrons. The zero-order valence-electron chi connectivity index (χ0n) is 22.1. The first-order valence-corrected chi connectivity index (χ1v) is 13.5. The van der Waals surface area contributed by atoms with Gasteiger partial charge >= 0.3 is 5.97 Å². The van der Waals surface area contributed by atoms with E-state index in [2.05, 4.69) is 38.1 Å². The van der Waals surface area contributed by atoms with Crippen LogP contribution in [-0.4, -0.2) is 16.6 Å². The molecule has 0 saturated heterocycles. The third kappa shape index (κ3) is 8.01. The lowest BCUT2D eigenvalue weighted by Gasteiger charge is -2.18. The van der Waals surface area contributed by atoms with Crippen molar-refractivity contribution in [2.45, 2.75) is 90.6 Å². The Kier molecular flexibility index (Phi) is 10.7. The topological polar surface area (TPSA) is 39.2 Å². The number of unbranched alkanes of at least 4 members (excludes halogenated alkanes) is 6. The predicted octanol–water partition coefficient (Wildman–Crippen LogP) is 9.14. The number of alkyl halides is 1. The molecule has 0 spiro atoms. The molecule has 0 bridgehead atoms. The maximum absolute atomic E-state index is 14.8. The van der Waals surface area contributed by atoms with E-state index in [1.54, 1.807) is 12.1 Å². The Morgan fingerprint density at radius 2 is 1.50 bits per heavy atom. The van der Waals surface area contributed by atoms with Gasteiger partial charge in [0.05, 0.1) is 5.69 Å². The molecule has 0 N–H and O–H groups in total. The molecule has 1 unspecified atom stereocenters. The lowest BCUT2D eigenvalue weighted by Crippen LogP contribution is -2.34. The van der Waals surface area contributed by atoms with Crippen LogP contribution in [0.3, 0.4) is 0 Å². The summed E-state index contributed by atoms with van der Waals surface area (Å²) in [6.45, 7) is 5.65. The summed E-state index contributed by atoms with van der Waals surface area (Å²) in [5.41, 5.74) is 3.29. The summed E-state index contributed by atoms with van der Waals surface area (Å²) >= 11 is 0. The standard InChI is InChI=1S/C32H40FNO2/c1-4-6-8-10-14-25-17-22-30(34-24-25)29-16-12-11-15-28(29)26-18-20-27(21-19-26)36-31(35)32(3,33)23-13-9-7-5-2/h11-12,15-22,24H,4-10,13-14,23H2,1-3H3. The lowest BCUT2D eigenvalue weighted by atomic mass is 9.97. The molecule has 1 atom stereocenters. The maximum atomic E-state index is 14.8. The van der Waals surface area contributed by atoms with E-state index >= 15 is 0 Å². The molecule has 2 aromatic carbocycles. The number of hydrogen-bond donors (Lipinski definition) is 0. The van der Waals surface area contributed by atoms with Crippen LogP contribution in [0, 0.1) is 0 Å². The van der Waals surface area contributed by atoms with E-state index in [0.29, 0.717) is 12.2 Å². The Labute approximate surface area is 216 Å². The molecule has 3 aromatic rings. The summed E-state index contributed by atoms with van der Waals surface area (Å²) in [4.78, 5) is 17.2. The molecule has 3 rings (SSSR count). The number of carbonyl (C=O) groups excluding carboxylic acids is 1. The Morgan fingerprint density at radius 3 is 2.14 bits per heavy atom. The average molecular weight is 490 g/mol. The number of hydrogen-bond acceptors (Lipinski definition) is 3. The van der Waals surface area contributed by atoms with Crippen LogP contribution < -0.4 is 4.74 Å². The molecule has 4 heteroatoms. The van der Waals surface area contributed by atoms with Gasteiger partial charge in [-0.2, -0.15) is 0 Å². The SMILES string of the molecule is CCCCCCc1ccc(-c2ccccc2-c2ccc(OC(=O)C(C)(F)CCCCCC)cc2)nc1. The molecule has 0 aliphatic rings. The Hall–Kier alpha value is -3.01. The number of aromatic nitrogens is 1. The van der Waals surface area contributed by atoms with Crippen molar-refractivity contribution in [3.63, 3.8) is 0 Å². The molecule has 1 aromatic heterocycles. The van der Waals surface area contributed by atoms with Gasteiger partial charge in [0, 0.05) is 11.8 Å². The second kappa shape index (κ2) is 13.9. The highest BCUT2D eigenvalue weighted by Gasteiger charge is 2.34. The molecule has 192 valence electrons. The Morgan fingerprint density at radius 1 is 0.833 bits per heavy atom. The van der Waals surface area contributed by atoms with E-state index in [-0.39, 0.29) is 6.42 Å². The largest absolute Gasteiger partial charge is 0.424 e. The smallest absolute Gasteiger partial charge is 0.348 e. The van der Waals surface area contributed by atoms with Crippen LogP contribution in [0.2, 0.25) is 0 Å². The van der Waals surface area contributed by atoms with Crippen molar-refractivity contribution < 1.29 is 13.9 Å². The third-order valence-electron chi connectivity index (χ3n) is 6.65. The zero-order chi connectivity index (χ0) is 25.8. The van der Waals surface area contributed by atoms with Gasteiger partial charge in [0.15, 0.2) is 0 Å². The number of esters is 1. The molecular formula is C32H40FNO2. The number of nitrogens with zero attached hydrogens (tertiary/aromatic N) is 1. The van der Waals surface area contributed by atoms with E-state index < -0.39 is 11.6 Å². The second-order valence-corrected chi connectivity index (χ2v) is 9.83. The van der Waals surface area contributed by atoms with Gasteiger partial charge in [-0.3, -0.25) is 4.98 Å². The van der Waals surface area contributed by atoms with Crippen LogP contribution in [0.15, 0.2) is 66.9 Å². The van der Waals surface area contributed by atoms with Crippen LogP contribution in [0.4, 0.5) is 4.39 Å². The summed E-state index contributed by atoms with van der Waals surface area (Å²) in [6.07, 6.45) is 11.9. The number of aryl methyl sites for hydroxylation is 1. The minimum atomic E-state index is -1.98. The molecular weight excluding hydrogens is 449 g/mol. The van der Waals surface area contributed by atoms with Crippen LogP contribution >= 0.6 is 0 Å². The van der Waals surface area contributed by atoms with Gasteiger partial charge in [0.2, 0.25) is 5.67 Å². The predicted molar refractivity (Wildman–Crippen MR) is 147 cm³/mol. The minimum absolute atomic E-state index is 0.182. The van der Waals surface area contributed by atoms with Crippen molar-refractivity contribution in [1.29, 1.82) is 0 Å². The van der Waals surface area contributed by atoms with E-state index in [4.69, 9.17) is 9.72 Å². The van der Waals surface area contributed by atoms with Crippen LogP contribution in [0.1, 0.15) is 84.1 Å². The molecule has 0 aliphatic heterocycles. The van der Waals surface area contributed by atoms with Crippen LogP contribution in [0.25, 0.3) is 22.4 Å². The highest BCUT2D eigenvalue weighted by Crippen LogP contribution is 2.32. The van der Waals surface area contributed by atoms with E-state index in [1.165, 1.54) is 38.2 Å². The number of halogens is 1. The van der Waals surface area contributed by atoms with Crippen molar-refractivity contribution in [3.8, 4) is 28.1 Å². The monoisotopic (exact) mass is 489 g/mol. The van der Waals surface area contributed by atoms with Crippen molar-refractivity contribution in [2.24, 2.45) is 0 Å². The normalized spacial score (nSPS) is 12.8. The van der Waals surface area contributed by atoms with Crippen LogP contribution in [-0.2, 0) is 11.2 Å². The second-order valence-electron chi connectivity index (χ2n) is 9.83. The number of benzene rings is 2. The van der Waals surface area contributed by atoms with Gasteiger partial charge in [-0.1, -0.05) is 94.8 Å². The fraction of sp³-hybridized carbons (Fsp3) is 0.438. The first-order chi connectivity index (χ1) is 17.4. The van der Waals surface area contributed by atoms with Crippen molar-refractivity contribution in [3.05, 3.63) is 72.4 Å². The fourth-order valence-electron chi connectivity index (χ4n) is 4.35. The number of pyridine rings is 1. The van der Waals surface area contributed by atoms with Gasteiger partial charge in [-0.15, -0.1) is 0 Å². The highest BCUT2D eigenvalue weighted by molar-refractivity contribution is 5.83. The van der Waals surface area contributed by atoms with Gasteiger partial charge < -0.3 is 4.74 Å². The molecule has 0 fully saturated rings. The number of rotatable bonds is 14. The summed E-state index contributed by atoms with van der Waals surface area (Å²) in [5, 5.41) is 0. The van der Waals surface area contributed by atoms with Gasteiger partial charge in [0.1, 0.15) is 5.75 Å². The van der Waals surface area contributed by atoms with Gasteiger partial charge in [0.25, 0.3) is 0 Å². The van der Waals surface area contributed by atoms with Crippen LogP contribution in [0.5, 0.6) is 5.75 Å². The molecule has 0 amide bonds. The third-order valence-corrected chi connectivity index (χ3v) is 6.65. The van der Waals surface area contributed by atoms with Crippen molar-refractivity contribution in [2.75, 3.05) is 0 Å². The molecule has 0 saturated carbocycles. The summed E-state index contributed by atoms with van der Waals surface area (Å²) in [5.74, 6) is -0.477. The molecule has 0 aliphatic carbocycles. The first-order valence-electron chi connectivity index (χ1n) is 13.5. The molecule has 36 heavy (non-hydrogen) atoms. The summed E-state index contributed by atoms with van der Waals surface area (Å²) in [7, 11) is 0. The minimum Gasteiger partial charge on any atom is -0.424 e. The molecule has 3 nitrogen and oxygen atoms in total. The highest BCUT2D eigenvalue weighted by atomic mass is 19.1. The van der Waals surface area contributed by atoms with Crippen molar-refractivity contribution >= 4 is 5.97 Å². The quantitative estimate of drug-likeness (QED) is 0.129. The van der Waals surface area contributed by atoms with Crippen molar-refractivity contribution in [1.82, 2.24) is 4.98 Å². The fourth-order valence-corrected chi connectivity index (χ4v) is 4.35. The molecule has 1 heterocycles. The number of carbonyl (C=O) groups is 1. The maximum Gasteiger partial charge on any atom is 0.348 e.